The van der Waals surface area contributed by atoms with Crippen molar-refractivity contribution in [2.75, 3.05) is 0 Å². The minimum absolute atomic E-state index is 0.0985. The van der Waals surface area contributed by atoms with Crippen LogP contribution in [-0.2, 0) is 6.18 Å². The van der Waals surface area contributed by atoms with E-state index in [1.54, 1.807) is 48.5 Å². The Bertz CT molecular complexity index is 900. The lowest BCUT2D eigenvalue weighted by molar-refractivity contribution is -0.137. The number of aromatic nitrogens is 1. The predicted molar refractivity (Wildman–Crippen MR) is 93.0 cm³/mol. The zero-order valence-electron chi connectivity index (χ0n) is 13.0. The number of alkyl halides is 3. The lowest BCUT2D eigenvalue weighted by Crippen LogP contribution is -2.05. The van der Waals surface area contributed by atoms with Crippen LogP contribution < -0.4 is 4.74 Å². The molecule has 3 aromatic rings. The van der Waals surface area contributed by atoms with E-state index in [-0.39, 0.29) is 16.7 Å². The lowest BCUT2D eigenvalue weighted by atomic mass is 10.3. The highest BCUT2D eigenvalue weighted by molar-refractivity contribution is 7.99. The Kier molecular flexibility index (Phi) is 5.29. The molecule has 0 aliphatic heterocycles. The van der Waals surface area contributed by atoms with Gasteiger partial charge in [0, 0.05) is 16.0 Å². The predicted octanol–water partition coefficient (Wildman–Crippen LogP) is 6.40. The van der Waals surface area contributed by atoms with Gasteiger partial charge in [-0.3, -0.25) is 0 Å². The van der Waals surface area contributed by atoms with Crippen LogP contribution in [0, 0.1) is 0 Å². The Labute approximate surface area is 156 Å². The molecule has 3 rings (SSSR count). The maximum atomic E-state index is 12.6. The minimum Gasteiger partial charge on any atom is -0.508 e. The average molecular weight is 398 g/mol. The lowest BCUT2D eigenvalue weighted by Gasteiger charge is -2.10. The van der Waals surface area contributed by atoms with E-state index in [1.807, 2.05) is 0 Å². The smallest absolute Gasteiger partial charge is 0.417 e. The van der Waals surface area contributed by atoms with Crippen LogP contribution in [0.1, 0.15) is 5.56 Å². The van der Waals surface area contributed by atoms with Crippen LogP contribution >= 0.6 is 23.4 Å². The Morgan fingerprint density at radius 3 is 2.08 bits per heavy atom. The summed E-state index contributed by atoms with van der Waals surface area (Å²) in [6, 6.07) is 14.5. The number of halogens is 4. The summed E-state index contributed by atoms with van der Waals surface area (Å²) >= 11 is 7.31. The summed E-state index contributed by atoms with van der Waals surface area (Å²) in [7, 11) is 0. The van der Waals surface area contributed by atoms with Crippen molar-refractivity contribution in [2.45, 2.75) is 16.0 Å². The SMILES string of the molecule is Oc1ccc(Sc2ccc(Oc3ncc(C(F)(F)F)cc3Cl)cc2)cc1. The molecule has 26 heavy (non-hydrogen) atoms. The molecule has 0 bridgehead atoms. The Morgan fingerprint density at radius 1 is 0.962 bits per heavy atom. The van der Waals surface area contributed by atoms with Crippen LogP contribution in [0.15, 0.2) is 70.6 Å². The number of aromatic hydroxyl groups is 1. The first kappa shape index (κ1) is 18.4. The summed E-state index contributed by atoms with van der Waals surface area (Å²) < 4.78 is 43.3. The number of phenols is 1. The van der Waals surface area contributed by atoms with Gasteiger partial charge in [-0.1, -0.05) is 23.4 Å². The van der Waals surface area contributed by atoms with E-state index >= 15 is 0 Å². The van der Waals surface area contributed by atoms with E-state index in [0.29, 0.717) is 11.9 Å². The second kappa shape index (κ2) is 7.47. The third-order valence-electron chi connectivity index (χ3n) is 3.25. The molecule has 1 N–H and O–H groups in total. The van der Waals surface area contributed by atoms with Crippen molar-refractivity contribution in [1.29, 1.82) is 0 Å². The molecule has 134 valence electrons. The number of pyridine rings is 1. The van der Waals surface area contributed by atoms with Gasteiger partial charge in [0.1, 0.15) is 16.5 Å². The molecule has 3 nitrogen and oxygen atoms in total. The molecule has 0 aliphatic rings. The van der Waals surface area contributed by atoms with Crippen LogP contribution in [0.4, 0.5) is 13.2 Å². The van der Waals surface area contributed by atoms with E-state index in [9.17, 15) is 18.3 Å². The second-order valence-electron chi connectivity index (χ2n) is 5.18. The Hall–Kier alpha value is -2.38. The van der Waals surface area contributed by atoms with Crippen LogP contribution in [-0.4, -0.2) is 10.1 Å². The zero-order valence-corrected chi connectivity index (χ0v) is 14.6. The molecule has 0 atom stereocenters. The fourth-order valence-electron chi connectivity index (χ4n) is 1.99. The third kappa shape index (κ3) is 4.62. The molecule has 2 aromatic carbocycles. The highest BCUT2D eigenvalue weighted by atomic mass is 35.5. The van der Waals surface area contributed by atoms with Crippen LogP contribution in [0.25, 0.3) is 0 Å². The van der Waals surface area contributed by atoms with Crippen molar-refractivity contribution in [3.05, 3.63) is 71.4 Å². The molecule has 8 heteroatoms. The third-order valence-corrected chi connectivity index (χ3v) is 4.53. The molecule has 0 aliphatic carbocycles. The van der Waals surface area contributed by atoms with E-state index in [4.69, 9.17) is 16.3 Å². The average Bonchev–Trinajstić information content (AvgIpc) is 2.59. The van der Waals surface area contributed by atoms with E-state index in [0.717, 1.165) is 15.9 Å². The summed E-state index contributed by atoms with van der Waals surface area (Å²) in [5.74, 6) is 0.492. The number of benzene rings is 2. The first-order chi connectivity index (χ1) is 12.3. The van der Waals surface area contributed by atoms with E-state index in [2.05, 4.69) is 4.98 Å². The van der Waals surface area contributed by atoms with Gasteiger partial charge < -0.3 is 9.84 Å². The zero-order chi connectivity index (χ0) is 18.7. The molecular weight excluding hydrogens is 387 g/mol. The quantitative estimate of drug-likeness (QED) is 0.553. The fraction of sp³-hybridized carbons (Fsp3) is 0.0556. The monoisotopic (exact) mass is 397 g/mol. The van der Waals surface area contributed by atoms with Crippen LogP contribution in [0.3, 0.4) is 0 Å². The summed E-state index contributed by atoms with van der Waals surface area (Å²) in [5.41, 5.74) is -0.935. The molecule has 1 aromatic heterocycles. The van der Waals surface area contributed by atoms with Gasteiger partial charge in [0.2, 0.25) is 5.88 Å². The van der Waals surface area contributed by atoms with Gasteiger partial charge in [-0.2, -0.15) is 13.2 Å². The number of rotatable bonds is 4. The Morgan fingerprint density at radius 2 is 1.54 bits per heavy atom. The molecule has 1 heterocycles. The van der Waals surface area contributed by atoms with Crippen LogP contribution in [0.2, 0.25) is 5.02 Å². The topological polar surface area (TPSA) is 42.4 Å². The molecule has 0 amide bonds. The van der Waals surface area contributed by atoms with Gasteiger partial charge in [0.15, 0.2) is 0 Å². The van der Waals surface area contributed by atoms with E-state index < -0.39 is 11.7 Å². The number of hydrogen-bond acceptors (Lipinski definition) is 4. The molecular formula is C18H11ClF3NO2S. The number of phenolic OH excluding ortho intramolecular Hbond substituents is 1. The van der Waals surface area contributed by atoms with Crippen LogP contribution in [0.5, 0.6) is 17.4 Å². The van der Waals surface area contributed by atoms with Gasteiger partial charge in [0.25, 0.3) is 0 Å². The molecule has 0 fully saturated rings. The summed E-state index contributed by atoms with van der Waals surface area (Å²) in [6.45, 7) is 0. The number of nitrogens with zero attached hydrogens (tertiary/aromatic N) is 1. The largest absolute Gasteiger partial charge is 0.508 e. The van der Waals surface area contributed by atoms with Gasteiger partial charge in [-0.05, 0) is 54.6 Å². The Balaban J connectivity index is 1.70. The van der Waals surface area contributed by atoms with Gasteiger partial charge in [0.05, 0.1) is 5.56 Å². The maximum Gasteiger partial charge on any atom is 0.417 e. The normalized spacial score (nSPS) is 11.4. The number of hydrogen-bond donors (Lipinski definition) is 1. The maximum absolute atomic E-state index is 12.6. The summed E-state index contributed by atoms with van der Waals surface area (Å²) in [5, 5.41) is 9.06. The van der Waals surface area contributed by atoms with Crippen molar-refractivity contribution in [2.24, 2.45) is 0 Å². The van der Waals surface area contributed by atoms with Crippen molar-refractivity contribution in [3.8, 4) is 17.4 Å². The number of ether oxygens (including phenoxy) is 1. The van der Waals surface area contributed by atoms with Gasteiger partial charge in [-0.25, -0.2) is 4.98 Å². The first-order valence-electron chi connectivity index (χ1n) is 7.29. The van der Waals surface area contributed by atoms with Crippen molar-refractivity contribution < 1.29 is 23.0 Å². The minimum atomic E-state index is -4.51. The molecule has 0 saturated carbocycles. The summed E-state index contributed by atoms with van der Waals surface area (Å²) in [6.07, 6.45) is -3.83. The standard InChI is InChI=1S/C18H11ClF3NO2S/c19-16-9-11(18(20,21)22)10-23-17(16)25-13-3-7-15(8-4-13)26-14-5-1-12(24)2-6-14/h1-10,24H. The molecule has 0 unspecified atom stereocenters. The van der Waals surface area contributed by atoms with Crippen molar-refractivity contribution in [1.82, 2.24) is 4.98 Å². The fourth-order valence-corrected chi connectivity index (χ4v) is 3.01. The highest BCUT2D eigenvalue weighted by Crippen LogP contribution is 2.35. The first-order valence-corrected chi connectivity index (χ1v) is 8.48. The molecule has 0 spiro atoms. The molecule has 0 saturated heterocycles. The summed E-state index contributed by atoms with van der Waals surface area (Å²) in [4.78, 5) is 5.51. The second-order valence-corrected chi connectivity index (χ2v) is 6.73. The van der Waals surface area contributed by atoms with Gasteiger partial charge in [-0.15, -0.1) is 0 Å². The van der Waals surface area contributed by atoms with Crippen molar-refractivity contribution in [3.63, 3.8) is 0 Å². The van der Waals surface area contributed by atoms with E-state index in [1.165, 1.54) is 11.8 Å². The van der Waals surface area contributed by atoms with Gasteiger partial charge >= 0.3 is 6.18 Å². The van der Waals surface area contributed by atoms with Crippen molar-refractivity contribution >= 4 is 23.4 Å². The molecule has 0 radical (unpaired) electrons. The highest BCUT2D eigenvalue weighted by Gasteiger charge is 2.31.